The van der Waals surface area contributed by atoms with Crippen molar-refractivity contribution in [2.45, 2.75) is 44.4 Å². The summed E-state index contributed by atoms with van der Waals surface area (Å²) in [5.41, 5.74) is 1.29. The number of nitrogens with zero attached hydrogens (tertiary/aromatic N) is 2. The third-order valence-corrected chi connectivity index (χ3v) is 8.19. The number of fused-ring (bicyclic) bond motifs is 1. The van der Waals surface area contributed by atoms with Crippen LogP contribution < -0.4 is 5.32 Å². The average Bonchev–Trinajstić information content (AvgIpc) is 3.04. The average molecular weight is 428 g/mol. The predicted molar refractivity (Wildman–Crippen MR) is 108 cm³/mol. The molecule has 1 aromatic carbocycles. The van der Waals surface area contributed by atoms with Gasteiger partial charge < -0.3 is 0 Å². The molecule has 1 aromatic heterocycles. The van der Waals surface area contributed by atoms with E-state index in [0.29, 0.717) is 18.2 Å². The number of carbonyl (C=O) groups is 1. The molecule has 1 amide bonds. The van der Waals surface area contributed by atoms with Gasteiger partial charge in [0.1, 0.15) is 4.90 Å². The summed E-state index contributed by atoms with van der Waals surface area (Å²) in [6, 6.07) is 4.30. The van der Waals surface area contributed by atoms with Crippen molar-refractivity contribution in [2.24, 2.45) is 0 Å². The second-order valence-corrected chi connectivity index (χ2v) is 9.68. The fourth-order valence-electron chi connectivity index (χ4n) is 3.12. The summed E-state index contributed by atoms with van der Waals surface area (Å²) in [6.07, 6.45) is 4.20. The lowest BCUT2D eigenvalue weighted by Gasteiger charge is -2.19. The Morgan fingerprint density at radius 2 is 1.96 bits per heavy atom. The molecule has 0 atom stereocenters. The van der Waals surface area contributed by atoms with Crippen molar-refractivity contribution in [1.29, 1.82) is 0 Å². The lowest BCUT2D eigenvalue weighted by atomic mass is 10.0. The van der Waals surface area contributed by atoms with Gasteiger partial charge in [-0.15, -0.1) is 11.3 Å². The molecular formula is C18H22ClN3O3S2. The topological polar surface area (TPSA) is 79.4 Å². The maximum atomic E-state index is 12.8. The first-order valence-corrected chi connectivity index (χ1v) is 11.6. The fraction of sp³-hybridized carbons (Fsp3) is 0.444. The van der Waals surface area contributed by atoms with Crippen LogP contribution in [0.15, 0.2) is 23.1 Å². The lowest BCUT2D eigenvalue weighted by Crippen LogP contribution is -2.31. The third kappa shape index (κ3) is 4.18. The van der Waals surface area contributed by atoms with E-state index in [0.717, 1.165) is 31.4 Å². The zero-order chi connectivity index (χ0) is 19.6. The highest BCUT2D eigenvalue weighted by molar-refractivity contribution is 7.89. The molecule has 27 heavy (non-hydrogen) atoms. The molecule has 2 aromatic rings. The number of rotatable bonds is 6. The molecule has 0 saturated carbocycles. The van der Waals surface area contributed by atoms with Crippen LogP contribution in [0.25, 0.3) is 0 Å². The summed E-state index contributed by atoms with van der Waals surface area (Å²) in [4.78, 5) is 18.3. The van der Waals surface area contributed by atoms with Gasteiger partial charge in [0.25, 0.3) is 5.91 Å². The lowest BCUT2D eigenvalue weighted by molar-refractivity contribution is 0.102. The van der Waals surface area contributed by atoms with Crippen molar-refractivity contribution in [3.05, 3.63) is 39.4 Å². The molecule has 3 rings (SSSR count). The summed E-state index contributed by atoms with van der Waals surface area (Å²) >= 11 is 7.61. The van der Waals surface area contributed by atoms with Crippen LogP contribution in [0.1, 0.15) is 47.6 Å². The van der Waals surface area contributed by atoms with Crippen molar-refractivity contribution >= 4 is 44.0 Å². The molecule has 146 valence electrons. The number of sulfonamides is 1. The minimum absolute atomic E-state index is 0.0565. The number of aromatic nitrogens is 1. The Labute approximate surface area is 168 Å². The van der Waals surface area contributed by atoms with Crippen molar-refractivity contribution in [1.82, 2.24) is 9.29 Å². The fourth-order valence-corrected chi connectivity index (χ4v) is 6.12. The largest absolute Gasteiger partial charge is 0.298 e. The molecule has 1 heterocycles. The molecule has 0 radical (unpaired) electrons. The Balaban J connectivity index is 1.87. The normalized spacial score (nSPS) is 14.2. The minimum atomic E-state index is -3.75. The standard InChI is InChI=1S/C18H22ClN3O3S2/c1-3-22(4-2)27(24,25)16-11-12(9-10-13(16)19)17(23)21-18-20-14-7-5-6-8-15(14)26-18/h9-11H,3-8H2,1-2H3,(H,20,21,23). The SMILES string of the molecule is CCN(CC)S(=O)(=O)c1cc(C(=O)Nc2nc3c(s2)CCCC3)ccc1Cl. The molecule has 0 aliphatic heterocycles. The van der Waals surface area contributed by atoms with E-state index in [1.807, 2.05) is 0 Å². The van der Waals surface area contributed by atoms with E-state index < -0.39 is 15.9 Å². The van der Waals surface area contributed by atoms with Crippen molar-refractivity contribution < 1.29 is 13.2 Å². The summed E-state index contributed by atoms with van der Waals surface area (Å²) < 4.78 is 26.9. The summed E-state index contributed by atoms with van der Waals surface area (Å²) in [5.74, 6) is -0.395. The number of nitrogens with one attached hydrogen (secondary N) is 1. The smallest absolute Gasteiger partial charge is 0.257 e. The first-order valence-electron chi connectivity index (χ1n) is 8.96. The van der Waals surface area contributed by atoms with Crippen LogP contribution in [-0.4, -0.2) is 36.7 Å². The molecule has 0 bridgehead atoms. The van der Waals surface area contributed by atoms with E-state index in [9.17, 15) is 13.2 Å². The number of aryl methyl sites for hydroxylation is 2. The predicted octanol–water partition coefficient (Wildman–Crippen LogP) is 3.96. The van der Waals surface area contributed by atoms with Crippen molar-refractivity contribution in [3.63, 3.8) is 0 Å². The van der Waals surface area contributed by atoms with Gasteiger partial charge in [0.05, 0.1) is 10.7 Å². The monoisotopic (exact) mass is 427 g/mol. The van der Waals surface area contributed by atoms with Gasteiger partial charge in [-0.1, -0.05) is 25.4 Å². The van der Waals surface area contributed by atoms with Gasteiger partial charge in [0.2, 0.25) is 10.0 Å². The first kappa shape index (κ1) is 20.3. The van der Waals surface area contributed by atoms with E-state index >= 15 is 0 Å². The highest BCUT2D eigenvalue weighted by Crippen LogP contribution is 2.30. The highest BCUT2D eigenvalue weighted by atomic mass is 35.5. The maximum absolute atomic E-state index is 12.8. The van der Waals surface area contributed by atoms with E-state index in [4.69, 9.17) is 11.6 Å². The van der Waals surface area contributed by atoms with Crippen molar-refractivity contribution in [3.8, 4) is 0 Å². The summed E-state index contributed by atoms with van der Waals surface area (Å²) in [5, 5.41) is 3.44. The van der Waals surface area contributed by atoms with Crippen LogP contribution in [0.3, 0.4) is 0 Å². The van der Waals surface area contributed by atoms with Gasteiger partial charge in [-0.05, 0) is 43.9 Å². The molecule has 0 unspecified atom stereocenters. The second kappa shape index (κ2) is 8.26. The summed E-state index contributed by atoms with van der Waals surface area (Å²) in [7, 11) is -3.75. The second-order valence-electron chi connectivity index (χ2n) is 6.28. The maximum Gasteiger partial charge on any atom is 0.257 e. The number of amides is 1. The number of hydrogen-bond donors (Lipinski definition) is 1. The summed E-state index contributed by atoms with van der Waals surface area (Å²) in [6.45, 7) is 4.18. The highest BCUT2D eigenvalue weighted by Gasteiger charge is 2.26. The Bertz CT molecular complexity index is 929. The Kier molecular flexibility index (Phi) is 6.20. The number of benzene rings is 1. The molecule has 0 fully saturated rings. The van der Waals surface area contributed by atoms with Gasteiger partial charge in [0.15, 0.2) is 5.13 Å². The number of thiazole rings is 1. The third-order valence-electron chi connectivity index (χ3n) is 4.58. The number of anilines is 1. The molecule has 9 heteroatoms. The first-order chi connectivity index (χ1) is 12.9. The van der Waals surface area contributed by atoms with Gasteiger partial charge in [-0.2, -0.15) is 4.31 Å². The molecule has 1 aliphatic carbocycles. The molecule has 1 N–H and O–H groups in total. The zero-order valence-corrected chi connectivity index (χ0v) is 17.7. The molecule has 0 spiro atoms. The van der Waals surface area contributed by atoms with Gasteiger partial charge >= 0.3 is 0 Å². The number of carbonyl (C=O) groups excluding carboxylic acids is 1. The van der Waals surface area contributed by atoms with Gasteiger partial charge in [-0.25, -0.2) is 13.4 Å². The van der Waals surface area contributed by atoms with Crippen LogP contribution in [-0.2, 0) is 22.9 Å². The molecule has 0 saturated heterocycles. The van der Waals surface area contributed by atoms with Crippen LogP contribution in [0.4, 0.5) is 5.13 Å². The molecular weight excluding hydrogens is 406 g/mol. The van der Waals surface area contributed by atoms with Crippen LogP contribution in [0, 0.1) is 0 Å². The quantitative estimate of drug-likeness (QED) is 0.756. The molecule has 1 aliphatic rings. The van der Waals surface area contributed by atoms with E-state index in [-0.39, 0.29) is 15.5 Å². The Hall–Kier alpha value is -1.48. The van der Waals surface area contributed by atoms with E-state index in [1.54, 1.807) is 13.8 Å². The van der Waals surface area contributed by atoms with Gasteiger partial charge in [-0.3, -0.25) is 10.1 Å². The number of hydrogen-bond acceptors (Lipinski definition) is 5. The number of halogens is 1. The van der Waals surface area contributed by atoms with Crippen molar-refractivity contribution in [2.75, 3.05) is 18.4 Å². The zero-order valence-electron chi connectivity index (χ0n) is 15.3. The van der Waals surface area contributed by atoms with Crippen LogP contribution in [0.2, 0.25) is 5.02 Å². The van der Waals surface area contributed by atoms with E-state index in [1.165, 1.54) is 38.7 Å². The minimum Gasteiger partial charge on any atom is -0.298 e. The Morgan fingerprint density at radius 3 is 2.63 bits per heavy atom. The van der Waals surface area contributed by atoms with E-state index in [2.05, 4.69) is 10.3 Å². The van der Waals surface area contributed by atoms with Crippen LogP contribution >= 0.6 is 22.9 Å². The van der Waals surface area contributed by atoms with Gasteiger partial charge in [0, 0.05) is 23.5 Å². The molecule has 6 nitrogen and oxygen atoms in total. The Morgan fingerprint density at radius 1 is 1.26 bits per heavy atom. The van der Waals surface area contributed by atoms with Crippen LogP contribution in [0.5, 0.6) is 0 Å².